The monoisotopic (exact) mass is 302 g/mol. The average Bonchev–Trinajstić information content (AvgIpc) is 2.41. The van der Waals surface area contributed by atoms with Crippen molar-refractivity contribution in [3.05, 3.63) is 29.8 Å². The molecular formula is C18H26N2O2. The van der Waals surface area contributed by atoms with Crippen LogP contribution in [0, 0.1) is 12.3 Å². The van der Waals surface area contributed by atoms with E-state index in [9.17, 15) is 9.59 Å². The Hall–Kier alpha value is -1.84. The zero-order valence-electron chi connectivity index (χ0n) is 14.2. The Morgan fingerprint density at radius 3 is 2.45 bits per heavy atom. The third-order valence-electron chi connectivity index (χ3n) is 4.06. The summed E-state index contributed by atoms with van der Waals surface area (Å²) >= 11 is 0. The SMILES string of the molecule is Cc1ccccc1N1CCN(C(=O)CC(C)(C)C)C(C)C1=O. The summed E-state index contributed by atoms with van der Waals surface area (Å²) in [6, 6.07) is 7.48. The number of carbonyl (C=O) groups is 2. The van der Waals surface area contributed by atoms with E-state index < -0.39 is 6.04 Å². The lowest BCUT2D eigenvalue weighted by Gasteiger charge is -2.40. The van der Waals surface area contributed by atoms with Gasteiger partial charge in [0, 0.05) is 25.2 Å². The summed E-state index contributed by atoms with van der Waals surface area (Å²) in [6.45, 7) is 11.1. The highest BCUT2D eigenvalue weighted by atomic mass is 16.2. The molecule has 4 heteroatoms. The van der Waals surface area contributed by atoms with Gasteiger partial charge in [-0.05, 0) is 30.9 Å². The van der Waals surface area contributed by atoms with Crippen LogP contribution in [0.5, 0.6) is 0 Å². The minimum atomic E-state index is -0.400. The molecule has 2 rings (SSSR count). The average molecular weight is 302 g/mol. The molecule has 0 bridgehead atoms. The highest BCUT2D eigenvalue weighted by molar-refractivity contribution is 6.00. The van der Waals surface area contributed by atoms with E-state index in [0.717, 1.165) is 11.3 Å². The summed E-state index contributed by atoms with van der Waals surface area (Å²) in [7, 11) is 0. The third kappa shape index (κ3) is 3.49. The van der Waals surface area contributed by atoms with Gasteiger partial charge in [-0.2, -0.15) is 0 Å². The first-order chi connectivity index (χ1) is 10.2. The van der Waals surface area contributed by atoms with Gasteiger partial charge in [0.1, 0.15) is 6.04 Å². The quantitative estimate of drug-likeness (QED) is 0.842. The number of piperazine rings is 1. The van der Waals surface area contributed by atoms with Gasteiger partial charge in [-0.15, -0.1) is 0 Å². The van der Waals surface area contributed by atoms with Crippen LogP contribution in [0.1, 0.15) is 39.7 Å². The number of rotatable bonds is 2. The van der Waals surface area contributed by atoms with Crippen LogP contribution in [-0.4, -0.2) is 35.8 Å². The normalized spacial score (nSPS) is 19.5. The van der Waals surface area contributed by atoms with Gasteiger partial charge >= 0.3 is 0 Å². The molecule has 1 atom stereocenters. The fourth-order valence-electron chi connectivity index (χ4n) is 2.87. The number of carbonyl (C=O) groups excluding carboxylic acids is 2. The van der Waals surface area contributed by atoms with Gasteiger partial charge in [0.05, 0.1) is 0 Å². The molecule has 0 aromatic heterocycles. The Bertz CT molecular complexity index is 575. The zero-order valence-corrected chi connectivity index (χ0v) is 14.2. The van der Waals surface area contributed by atoms with Gasteiger partial charge in [0.2, 0.25) is 11.8 Å². The van der Waals surface area contributed by atoms with Gasteiger partial charge in [-0.1, -0.05) is 39.0 Å². The van der Waals surface area contributed by atoms with Gasteiger partial charge in [0.15, 0.2) is 0 Å². The summed E-state index contributed by atoms with van der Waals surface area (Å²) in [5, 5.41) is 0. The van der Waals surface area contributed by atoms with Gasteiger partial charge < -0.3 is 9.80 Å². The molecule has 1 saturated heterocycles. The van der Waals surface area contributed by atoms with E-state index in [4.69, 9.17) is 0 Å². The largest absolute Gasteiger partial charge is 0.329 e. The molecule has 0 N–H and O–H groups in total. The van der Waals surface area contributed by atoms with Crippen molar-refractivity contribution in [1.82, 2.24) is 4.90 Å². The van der Waals surface area contributed by atoms with E-state index in [1.165, 1.54) is 0 Å². The Morgan fingerprint density at radius 2 is 1.86 bits per heavy atom. The highest BCUT2D eigenvalue weighted by Gasteiger charge is 2.36. The van der Waals surface area contributed by atoms with Crippen molar-refractivity contribution in [3.8, 4) is 0 Å². The van der Waals surface area contributed by atoms with Crippen molar-refractivity contribution < 1.29 is 9.59 Å². The number of para-hydroxylation sites is 1. The molecule has 0 radical (unpaired) electrons. The minimum Gasteiger partial charge on any atom is -0.329 e. The van der Waals surface area contributed by atoms with Crippen molar-refractivity contribution in [2.24, 2.45) is 5.41 Å². The predicted octanol–water partition coefficient (Wildman–Crippen LogP) is 2.99. The van der Waals surface area contributed by atoms with E-state index in [1.807, 2.05) is 58.9 Å². The second-order valence-electron chi connectivity index (χ2n) is 7.28. The minimum absolute atomic E-state index is 0.00260. The van der Waals surface area contributed by atoms with Crippen LogP contribution < -0.4 is 4.90 Å². The van der Waals surface area contributed by atoms with E-state index in [1.54, 1.807) is 9.80 Å². The molecule has 22 heavy (non-hydrogen) atoms. The lowest BCUT2D eigenvalue weighted by atomic mass is 9.91. The number of amides is 2. The fourth-order valence-corrected chi connectivity index (χ4v) is 2.87. The molecule has 4 nitrogen and oxygen atoms in total. The second kappa shape index (κ2) is 6.11. The smallest absolute Gasteiger partial charge is 0.249 e. The van der Waals surface area contributed by atoms with Crippen LogP contribution in [0.15, 0.2) is 24.3 Å². The Balaban J connectivity index is 2.15. The molecule has 1 aliphatic rings. The number of anilines is 1. The van der Waals surface area contributed by atoms with Crippen molar-refractivity contribution in [2.75, 3.05) is 18.0 Å². The van der Waals surface area contributed by atoms with Gasteiger partial charge in [-0.3, -0.25) is 9.59 Å². The molecule has 1 aromatic carbocycles. The van der Waals surface area contributed by atoms with E-state index >= 15 is 0 Å². The van der Waals surface area contributed by atoms with Gasteiger partial charge in [-0.25, -0.2) is 0 Å². The van der Waals surface area contributed by atoms with Crippen molar-refractivity contribution >= 4 is 17.5 Å². The molecule has 0 aliphatic carbocycles. The summed E-state index contributed by atoms with van der Waals surface area (Å²) in [4.78, 5) is 28.7. The van der Waals surface area contributed by atoms with Crippen LogP contribution in [0.25, 0.3) is 0 Å². The van der Waals surface area contributed by atoms with Crippen LogP contribution in [0.2, 0.25) is 0 Å². The van der Waals surface area contributed by atoms with Crippen LogP contribution in [0.3, 0.4) is 0 Å². The maximum absolute atomic E-state index is 12.7. The first-order valence-electron chi connectivity index (χ1n) is 7.87. The predicted molar refractivity (Wildman–Crippen MR) is 88.8 cm³/mol. The highest BCUT2D eigenvalue weighted by Crippen LogP contribution is 2.26. The Morgan fingerprint density at radius 1 is 1.23 bits per heavy atom. The fraction of sp³-hybridized carbons (Fsp3) is 0.556. The Labute approximate surface area is 133 Å². The standard InChI is InChI=1S/C18H26N2O2/c1-13-8-6-7-9-15(13)20-11-10-19(14(2)17(20)22)16(21)12-18(3,4)5/h6-9,14H,10-12H2,1-5H3. The Kier molecular flexibility index (Phi) is 4.59. The lowest BCUT2D eigenvalue weighted by molar-refractivity contribution is -0.142. The summed E-state index contributed by atoms with van der Waals surface area (Å²) in [6.07, 6.45) is 0.467. The maximum Gasteiger partial charge on any atom is 0.249 e. The number of aryl methyl sites for hydroxylation is 1. The third-order valence-corrected chi connectivity index (χ3v) is 4.06. The van der Waals surface area contributed by atoms with E-state index in [0.29, 0.717) is 19.5 Å². The molecule has 1 aliphatic heterocycles. The molecule has 1 heterocycles. The van der Waals surface area contributed by atoms with Crippen molar-refractivity contribution in [3.63, 3.8) is 0 Å². The number of nitrogens with zero attached hydrogens (tertiary/aromatic N) is 2. The molecular weight excluding hydrogens is 276 g/mol. The second-order valence-corrected chi connectivity index (χ2v) is 7.28. The lowest BCUT2D eigenvalue weighted by Crippen LogP contribution is -2.58. The van der Waals surface area contributed by atoms with Crippen molar-refractivity contribution in [1.29, 1.82) is 0 Å². The molecule has 0 spiro atoms. The summed E-state index contributed by atoms with van der Waals surface area (Å²) < 4.78 is 0. The molecule has 1 fully saturated rings. The van der Waals surface area contributed by atoms with Crippen LogP contribution in [0.4, 0.5) is 5.69 Å². The number of benzene rings is 1. The molecule has 1 unspecified atom stereocenters. The van der Waals surface area contributed by atoms with Crippen LogP contribution >= 0.6 is 0 Å². The number of hydrogen-bond donors (Lipinski definition) is 0. The maximum atomic E-state index is 12.7. The van der Waals surface area contributed by atoms with E-state index in [-0.39, 0.29) is 17.2 Å². The first kappa shape index (κ1) is 16.5. The first-order valence-corrected chi connectivity index (χ1v) is 7.87. The van der Waals surface area contributed by atoms with Crippen molar-refractivity contribution in [2.45, 2.75) is 47.1 Å². The number of hydrogen-bond acceptors (Lipinski definition) is 2. The van der Waals surface area contributed by atoms with E-state index in [2.05, 4.69) is 0 Å². The molecule has 2 amide bonds. The molecule has 1 aromatic rings. The molecule has 0 saturated carbocycles. The topological polar surface area (TPSA) is 40.6 Å². The van der Waals surface area contributed by atoms with Crippen LogP contribution in [-0.2, 0) is 9.59 Å². The summed E-state index contributed by atoms with van der Waals surface area (Å²) in [5.41, 5.74) is 1.97. The summed E-state index contributed by atoms with van der Waals surface area (Å²) in [5.74, 6) is 0.0700. The zero-order chi connectivity index (χ0) is 16.5. The molecule has 120 valence electrons. The van der Waals surface area contributed by atoms with Gasteiger partial charge in [0.25, 0.3) is 0 Å².